The van der Waals surface area contributed by atoms with Gasteiger partial charge in [-0.3, -0.25) is 4.99 Å². The Hall–Kier alpha value is -1.36. The number of rotatable bonds is 6. The predicted octanol–water partition coefficient (Wildman–Crippen LogP) is 2.72. The van der Waals surface area contributed by atoms with E-state index in [1.54, 1.807) is 14.2 Å². The highest BCUT2D eigenvalue weighted by Crippen LogP contribution is 2.27. The van der Waals surface area contributed by atoms with Gasteiger partial charge in [0, 0.05) is 18.3 Å². The molecule has 1 aliphatic rings. The molecular formula is C15H22N2O2S. The molecule has 5 heteroatoms. The third kappa shape index (κ3) is 3.82. The number of benzene rings is 1. The molecule has 1 unspecified atom stereocenters. The Morgan fingerprint density at radius 2 is 2.10 bits per heavy atom. The molecule has 2 rings (SSSR count). The van der Waals surface area contributed by atoms with Crippen LogP contribution in [0.15, 0.2) is 23.2 Å². The Bertz CT molecular complexity index is 477. The second-order valence-electron chi connectivity index (χ2n) is 4.69. The van der Waals surface area contributed by atoms with Crippen LogP contribution in [-0.4, -0.2) is 37.7 Å². The Kier molecular flexibility index (Phi) is 5.59. The highest BCUT2D eigenvalue weighted by molar-refractivity contribution is 8.14. The monoisotopic (exact) mass is 294 g/mol. The van der Waals surface area contributed by atoms with Crippen molar-refractivity contribution >= 4 is 16.9 Å². The van der Waals surface area contributed by atoms with Crippen molar-refractivity contribution in [3.63, 3.8) is 0 Å². The van der Waals surface area contributed by atoms with Crippen LogP contribution in [-0.2, 0) is 6.42 Å². The molecule has 1 atom stereocenters. The van der Waals surface area contributed by atoms with E-state index in [4.69, 9.17) is 9.47 Å². The maximum atomic E-state index is 5.31. The Morgan fingerprint density at radius 3 is 2.75 bits per heavy atom. The number of hydrogen-bond acceptors (Lipinski definition) is 4. The summed E-state index contributed by atoms with van der Waals surface area (Å²) in [4.78, 5) is 4.61. The van der Waals surface area contributed by atoms with Gasteiger partial charge in [0.2, 0.25) is 0 Å². The first-order valence-corrected chi connectivity index (χ1v) is 7.90. The van der Waals surface area contributed by atoms with Crippen molar-refractivity contribution in [2.24, 2.45) is 4.99 Å². The molecule has 1 saturated heterocycles. The molecule has 1 heterocycles. The van der Waals surface area contributed by atoms with E-state index < -0.39 is 0 Å². The number of hydrogen-bond donors (Lipinski definition) is 1. The molecule has 0 bridgehead atoms. The van der Waals surface area contributed by atoms with Crippen LogP contribution < -0.4 is 14.8 Å². The minimum Gasteiger partial charge on any atom is -0.493 e. The highest BCUT2D eigenvalue weighted by Gasteiger charge is 2.17. The van der Waals surface area contributed by atoms with E-state index in [1.165, 1.54) is 5.56 Å². The van der Waals surface area contributed by atoms with Gasteiger partial charge < -0.3 is 14.8 Å². The molecule has 1 aliphatic heterocycles. The van der Waals surface area contributed by atoms with Crippen molar-refractivity contribution < 1.29 is 9.47 Å². The van der Waals surface area contributed by atoms with Gasteiger partial charge in [0.15, 0.2) is 16.7 Å². The summed E-state index contributed by atoms with van der Waals surface area (Å²) >= 11 is 1.82. The van der Waals surface area contributed by atoms with Crippen molar-refractivity contribution in [1.82, 2.24) is 5.32 Å². The number of aliphatic imine (C=N–C) groups is 1. The summed E-state index contributed by atoms with van der Waals surface area (Å²) in [6, 6.07) is 6.60. The fourth-order valence-corrected chi connectivity index (χ4v) is 3.18. The molecule has 0 amide bonds. The van der Waals surface area contributed by atoms with E-state index in [9.17, 15) is 0 Å². The van der Waals surface area contributed by atoms with Crippen molar-refractivity contribution in [2.75, 3.05) is 26.5 Å². The van der Waals surface area contributed by atoms with Gasteiger partial charge in [-0.1, -0.05) is 24.8 Å². The van der Waals surface area contributed by atoms with Gasteiger partial charge in [-0.05, 0) is 30.5 Å². The predicted molar refractivity (Wildman–Crippen MR) is 85.2 cm³/mol. The van der Waals surface area contributed by atoms with E-state index in [0.717, 1.165) is 41.8 Å². The first-order valence-electron chi connectivity index (χ1n) is 6.91. The van der Waals surface area contributed by atoms with Crippen molar-refractivity contribution in [3.8, 4) is 11.5 Å². The number of methoxy groups -OCH3 is 2. The molecule has 1 aromatic carbocycles. The molecule has 0 radical (unpaired) electrons. The topological polar surface area (TPSA) is 42.9 Å². The maximum absolute atomic E-state index is 5.31. The average molecular weight is 294 g/mol. The fourth-order valence-electron chi connectivity index (χ4n) is 2.07. The number of nitrogens with one attached hydrogen (secondary N) is 1. The SMILES string of the molecule is CCC1CSC(=NCCc2ccc(OC)c(OC)c2)N1. The molecular weight excluding hydrogens is 272 g/mol. The first kappa shape index (κ1) is 15.0. The van der Waals surface area contributed by atoms with Crippen molar-refractivity contribution in [2.45, 2.75) is 25.8 Å². The van der Waals surface area contributed by atoms with E-state index in [-0.39, 0.29) is 0 Å². The first-order chi connectivity index (χ1) is 9.76. The third-order valence-electron chi connectivity index (χ3n) is 3.35. The van der Waals surface area contributed by atoms with Crippen LogP contribution in [0.3, 0.4) is 0 Å². The molecule has 20 heavy (non-hydrogen) atoms. The largest absolute Gasteiger partial charge is 0.493 e. The molecule has 1 aromatic rings. The van der Waals surface area contributed by atoms with E-state index >= 15 is 0 Å². The third-order valence-corrected chi connectivity index (χ3v) is 4.43. The summed E-state index contributed by atoms with van der Waals surface area (Å²) in [5.41, 5.74) is 1.21. The van der Waals surface area contributed by atoms with Crippen LogP contribution in [0.1, 0.15) is 18.9 Å². The van der Waals surface area contributed by atoms with Gasteiger partial charge in [-0.15, -0.1) is 0 Å². The molecule has 0 spiro atoms. The lowest BCUT2D eigenvalue weighted by atomic mass is 10.1. The van der Waals surface area contributed by atoms with Crippen LogP contribution in [0.2, 0.25) is 0 Å². The summed E-state index contributed by atoms with van der Waals surface area (Å²) in [6.45, 7) is 2.99. The quantitative estimate of drug-likeness (QED) is 0.876. The van der Waals surface area contributed by atoms with Crippen molar-refractivity contribution in [3.05, 3.63) is 23.8 Å². The maximum Gasteiger partial charge on any atom is 0.160 e. The number of ether oxygens (including phenoxy) is 2. The molecule has 4 nitrogen and oxygen atoms in total. The lowest BCUT2D eigenvalue weighted by Crippen LogP contribution is -2.25. The van der Waals surface area contributed by atoms with Gasteiger partial charge in [-0.25, -0.2) is 0 Å². The number of amidine groups is 1. The Labute approximate surface area is 125 Å². The standard InChI is InChI=1S/C15H22N2O2S/c1-4-12-10-20-15(17-12)16-8-7-11-5-6-13(18-2)14(9-11)19-3/h5-6,9,12H,4,7-8,10H2,1-3H3,(H,16,17). The molecule has 110 valence electrons. The van der Waals surface area contributed by atoms with Gasteiger partial charge in [0.05, 0.1) is 14.2 Å². The van der Waals surface area contributed by atoms with Crippen LogP contribution in [0.4, 0.5) is 0 Å². The lowest BCUT2D eigenvalue weighted by molar-refractivity contribution is 0.354. The number of thioether (sulfide) groups is 1. The van der Waals surface area contributed by atoms with Crippen molar-refractivity contribution in [1.29, 1.82) is 0 Å². The second kappa shape index (κ2) is 7.43. The van der Waals surface area contributed by atoms with E-state index in [1.807, 2.05) is 23.9 Å². The smallest absolute Gasteiger partial charge is 0.160 e. The van der Waals surface area contributed by atoms with E-state index in [0.29, 0.717) is 6.04 Å². The summed E-state index contributed by atoms with van der Waals surface area (Å²) in [5, 5.41) is 4.52. The normalized spacial score (nSPS) is 19.9. The van der Waals surface area contributed by atoms with Gasteiger partial charge >= 0.3 is 0 Å². The second-order valence-corrected chi connectivity index (χ2v) is 5.70. The summed E-state index contributed by atoms with van der Waals surface area (Å²) in [5.74, 6) is 2.67. The average Bonchev–Trinajstić information content (AvgIpc) is 2.95. The minimum absolute atomic E-state index is 0.583. The Balaban J connectivity index is 1.90. The van der Waals surface area contributed by atoms with E-state index in [2.05, 4.69) is 23.3 Å². The van der Waals surface area contributed by atoms with Crippen LogP contribution in [0, 0.1) is 0 Å². The molecule has 0 aliphatic carbocycles. The minimum atomic E-state index is 0.583. The summed E-state index contributed by atoms with van der Waals surface area (Å²) < 4.78 is 10.5. The van der Waals surface area contributed by atoms with Gasteiger partial charge in [-0.2, -0.15) is 0 Å². The number of nitrogens with zero attached hydrogens (tertiary/aromatic N) is 1. The summed E-state index contributed by atoms with van der Waals surface area (Å²) in [7, 11) is 3.31. The zero-order chi connectivity index (χ0) is 14.4. The zero-order valence-electron chi connectivity index (χ0n) is 12.3. The van der Waals surface area contributed by atoms with Gasteiger partial charge in [0.1, 0.15) is 0 Å². The molecule has 1 fully saturated rings. The molecule has 0 aromatic heterocycles. The van der Waals surface area contributed by atoms with Crippen LogP contribution in [0.25, 0.3) is 0 Å². The fraction of sp³-hybridized carbons (Fsp3) is 0.533. The molecule has 0 saturated carbocycles. The van der Waals surface area contributed by atoms with Crippen LogP contribution >= 0.6 is 11.8 Å². The summed E-state index contributed by atoms with van der Waals surface area (Å²) in [6.07, 6.45) is 2.06. The van der Waals surface area contributed by atoms with Crippen LogP contribution in [0.5, 0.6) is 11.5 Å². The highest BCUT2D eigenvalue weighted by atomic mass is 32.2. The lowest BCUT2D eigenvalue weighted by Gasteiger charge is -2.09. The Morgan fingerprint density at radius 1 is 1.30 bits per heavy atom. The van der Waals surface area contributed by atoms with Gasteiger partial charge in [0.25, 0.3) is 0 Å². The molecule has 1 N–H and O–H groups in total. The zero-order valence-corrected chi connectivity index (χ0v) is 13.1.